The normalized spacial score (nSPS) is 15.2. The van der Waals surface area contributed by atoms with E-state index in [1.807, 2.05) is 25.2 Å². The van der Waals surface area contributed by atoms with Crippen LogP contribution in [0, 0.1) is 0 Å². The van der Waals surface area contributed by atoms with E-state index in [2.05, 4.69) is 20.5 Å². The Balaban J connectivity index is 1.73. The molecule has 2 heterocycles. The molecular weight excluding hydrogens is 300 g/mol. The standard InChI is InChI=1S/C15H20N4O2S/c1-16-5-4-14(20)17-11-2-3-12-13(10-11)22-15(18-12)19-6-8-21-9-7-19/h2-3,10,16H,4-9H2,1H3,(H,17,20). The summed E-state index contributed by atoms with van der Waals surface area (Å²) in [5, 5.41) is 6.92. The Morgan fingerprint density at radius 1 is 1.41 bits per heavy atom. The van der Waals surface area contributed by atoms with Gasteiger partial charge in [-0.3, -0.25) is 4.79 Å². The molecule has 6 nitrogen and oxygen atoms in total. The number of rotatable bonds is 5. The Kier molecular flexibility index (Phi) is 4.87. The summed E-state index contributed by atoms with van der Waals surface area (Å²) >= 11 is 1.66. The van der Waals surface area contributed by atoms with Crippen molar-refractivity contribution < 1.29 is 9.53 Å². The molecule has 1 aromatic carbocycles. The van der Waals surface area contributed by atoms with Crippen molar-refractivity contribution >= 4 is 38.3 Å². The Bertz CT molecular complexity index is 652. The molecule has 1 saturated heterocycles. The number of nitrogens with one attached hydrogen (secondary N) is 2. The molecule has 2 aromatic rings. The average Bonchev–Trinajstić information content (AvgIpc) is 2.97. The zero-order valence-corrected chi connectivity index (χ0v) is 13.4. The maximum Gasteiger partial charge on any atom is 0.225 e. The van der Waals surface area contributed by atoms with E-state index in [-0.39, 0.29) is 5.91 Å². The van der Waals surface area contributed by atoms with Gasteiger partial charge in [-0.1, -0.05) is 11.3 Å². The first-order valence-electron chi connectivity index (χ1n) is 7.44. The Morgan fingerprint density at radius 2 is 2.23 bits per heavy atom. The van der Waals surface area contributed by atoms with Gasteiger partial charge in [0.1, 0.15) is 0 Å². The number of carbonyl (C=O) groups excluding carboxylic acids is 1. The van der Waals surface area contributed by atoms with Gasteiger partial charge < -0.3 is 20.3 Å². The monoisotopic (exact) mass is 320 g/mol. The van der Waals surface area contributed by atoms with Gasteiger partial charge >= 0.3 is 0 Å². The highest BCUT2D eigenvalue weighted by atomic mass is 32.1. The van der Waals surface area contributed by atoms with Crippen LogP contribution in [0.1, 0.15) is 6.42 Å². The number of amides is 1. The van der Waals surface area contributed by atoms with E-state index in [0.29, 0.717) is 13.0 Å². The number of fused-ring (bicyclic) bond motifs is 1. The fourth-order valence-electron chi connectivity index (χ4n) is 2.34. The number of hydrogen-bond donors (Lipinski definition) is 2. The minimum absolute atomic E-state index is 0.0200. The van der Waals surface area contributed by atoms with Crippen molar-refractivity contribution in [3.63, 3.8) is 0 Å². The van der Waals surface area contributed by atoms with Crippen molar-refractivity contribution in [2.45, 2.75) is 6.42 Å². The molecule has 2 N–H and O–H groups in total. The van der Waals surface area contributed by atoms with Crippen LogP contribution in [-0.2, 0) is 9.53 Å². The third kappa shape index (κ3) is 3.55. The van der Waals surface area contributed by atoms with Crippen LogP contribution in [0.25, 0.3) is 10.2 Å². The Morgan fingerprint density at radius 3 is 3.00 bits per heavy atom. The lowest BCUT2D eigenvalue weighted by atomic mass is 10.3. The predicted molar refractivity (Wildman–Crippen MR) is 89.8 cm³/mol. The van der Waals surface area contributed by atoms with Crippen molar-refractivity contribution in [1.29, 1.82) is 0 Å². The van der Waals surface area contributed by atoms with Crippen LogP contribution in [0.4, 0.5) is 10.8 Å². The van der Waals surface area contributed by atoms with E-state index in [4.69, 9.17) is 4.74 Å². The van der Waals surface area contributed by atoms with E-state index in [1.165, 1.54) is 0 Å². The minimum atomic E-state index is 0.0200. The first-order valence-corrected chi connectivity index (χ1v) is 8.25. The highest BCUT2D eigenvalue weighted by molar-refractivity contribution is 7.22. The van der Waals surface area contributed by atoms with Gasteiger partial charge in [0.2, 0.25) is 5.91 Å². The van der Waals surface area contributed by atoms with Gasteiger partial charge in [-0.25, -0.2) is 4.98 Å². The molecule has 0 aliphatic carbocycles. The molecule has 0 atom stereocenters. The van der Waals surface area contributed by atoms with Gasteiger partial charge in [0.25, 0.3) is 0 Å². The molecule has 1 amide bonds. The second-order valence-corrected chi connectivity index (χ2v) is 6.19. The van der Waals surface area contributed by atoms with Gasteiger partial charge in [0, 0.05) is 31.7 Å². The SMILES string of the molecule is CNCCC(=O)Nc1ccc2nc(N3CCOCC3)sc2c1. The van der Waals surface area contributed by atoms with Crippen LogP contribution in [0.15, 0.2) is 18.2 Å². The number of thiazole rings is 1. The van der Waals surface area contributed by atoms with Crippen molar-refractivity contribution in [2.75, 3.05) is 50.1 Å². The molecule has 0 radical (unpaired) electrons. The van der Waals surface area contributed by atoms with E-state index in [1.54, 1.807) is 11.3 Å². The zero-order valence-electron chi connectivity index (χ0n) is 12.6. The molecule has 1 aliphatic rings. The highest BCUT2D eigenvalue weighted by Gasteiger charge is 2.15. The predicted octanol–water partition coefficient (Wildman–Crippen LogP) is 1.68. The van der Waals surface area contributed by atoms with Gasteiger partial charge in [0.15, 0.2) is 5.13 Å². The number of morpholine rings is 1. The summed E-state index contributed by atoms with van der Waals surface area (Å²) in [7, 11) is 1.84. The molecule has 7 heteroatoms. The molecular formula is C15H20N4O2S. The molecule has 0 saturated carbocycles. The summed E-state index contributed by atoms with van der Waals surface area (Å²) in [4.78, 5) is 18.7. The first kappa shape index (κ1) is 15.2. The zero-order chi connectivity index (χ0) is 15.4. The fraction of sp³-hybridized carbons (Fsp3) is 0.467. The van der Waals surface area contributed by atoms with Gasteiger partial charge in [-0.2, -0.15) is 0 Å². The molecule has 0 unspecified atom stereocenters. The van der Waals surface area contributed by atoms with Crippen molar-refractivity contribution in [2.24, 2.45) is 0 Å². The lowest BCUT2D eigenvalue weighted by Crippen LogP contribution is -2.36. The van der Waals surface area contributed by atoms with Gasteiger partial charge in [0.05, 0.1) is 23.4 Å². The molecule has 1 aromatic heterocycles. The second-order valence-electron chi connectivity index (χ2n) is 5.18. The Labute approximate surface area is 133 Å². The first-order chi connectivity index (χ1) is 10.8. The number of nitrogens with zero attached hydrogens (tertiary/aromatic N) is 2. The van der Waals surface area contributed by atoms with Crippen molar-refractivity contribution in [3.05, 3.63) is 18.2 Å². The minimum Gasteiger partial charge on any atom is -0.378 e. The number of ether oxygens (including phenoxy) is 1. The van der Waals surface area contributed by atoms with Gasteiger partial charge in [-0.15, -0.1) is 0 Å². The molecule has 0 spiro atoms. The van der Waals surface area contributed by atoms with E-state index in [0.717, 1.165) is 47.3 Å². The van der Waals surface area contributed by atoms with Crippen LogP contribution < -0.4 is 15.5 Å². The third-order valence-corrected chi connectivity index (χ3v) is 4.62. The van der Waals surface area contributed by atoms with Crippen LogP contribution in [0.2, 0.25) is 0 Å². The molecule has 22 heavy (non-hydrogen) atoms. The van der Waals surface area contributed by atoms with E-state index < -0.39 is 0 Å². The van der Waals surface area contributed by atoms with E-state index >= 15 is 0 Å². The smallest absolute Gasteiger partial charge is 0.225 e. The summed E-state index contributed by atoms with van der Waals surface area (Å²) in [6, 6.07) is 5.86. The average molecular weight is 320 g/mol. The quantitative estimate of drug-likeness (QED) is 0.877. The maximum atomic E-state index is 11.8. The Hall–Kier alpha value is -1.70. The highest BCUT2D eigenvalue weighted by Crippen LogP contribution is 2.31. The summed E-state index contributed by atoms with van der Waals surface area (Å²) in [6.45, 7) is 3.95. The van der Waals surface area contributed by atoms with Crippen LogP contribution in [0.3, 0.4) is 0 Å². The molecule has 1 aliphatic heterocycles. The molecule has 118 valence electrons. The summed E-state index contributed by atoms with van der Waals surface area (Å²) in [5.74, 6) is 0.0200. The molecule has 3 rings (SSSR count). The van der Waals surface area contributed by atoms with Gasteiger partial charge in [-0.05, 0) is 25.2 Å². The number of hydrogen-bond acceptors (Lipinski definition) is 6. The van der Waals surface area contributed by atoms with Crippen LogP contribution in [-0.4, -0.2) is 50.8 Å². The second kappa shape index (κ2) is 7.04. The van der Waals surface area contributed by atoms with Crippen molar-refractivity contribution in [3.8, 4) is 0 Å². The number of anilines is 2. The van der Waals surface area contributed by atoms with Crippen LogP contribution in [0.5, 0.6) is 0 Å². The van der Waals surface area contributed by atoms with Crippen molar-refractivity contribution in [1.82, 2.24) is 10.3 Å². The van der Waals surface area contributed by atoms with E-state index in [9.17, 15) is 4.79 Å². The lowest BCUT2D eigenvalue weighted by Gasteiger charge is -2.25. The number of carbonyl (C=O) groups is 1. The third-order valence-electron chi connectivity index (χ3n) is 3.54. The molecule has 1 fully saturated rings. The summed E-state index contributed by atoms with van der Waals surface area (Å²) in [5.41, 5.74) is 1.80. The fourth-order valence-corrected chi connectivity index (χ4v) is 3.40. The van der Waals surface area contributed by atoms with Crippen LogP contribution >= 0.6 is 11.3 Å². The molecule has 0 bridgehead atoms. The number of aromatic nitrogens is 1. The lowest BCUT2D eigenvalue weighted by molar-refractivity contribution is -0.116. The maximum absolute atomic E-state index is 11.8. The largest absolute Gasteiger partial charge is 0.378 e. The topological polar surface area (TPSA) is 66.5 Å². The summed E-state index contributed by atoms with van der Waals surface area (Å²) in [6.07, 6.45) is 0.469. The number of benzene rings is 1. The summed E-state index contributed by atoms with van der Waals surface area (Å²) < 4.78 is 6.46.